The van der Waals surface area contributed by atoms with E-state index in [4.69, 9.17) is 17.3 Å². The first-order valence-corrected chi connectivity index (χ1v) is 13.1. The highest BCUT2D eigenvalue weighted by Crippen LogP contribution is 2.38. The first-order valence-electron chi connectivity index (χ1n) is 12.7. The summed E-state index contributed by atoms with van der Waals surface area (Å²) in [5.74, 6) is -0.0153. The fraction of sp³-hybridized carbons (Fsp3) is 0.538. The van der Waals surface area contributed by atoms with Gasteiger partial charge in [0.15, 0.2) is 0 Å². The number of likely N-dealkylation sites (tertiary alicyclic amines) is 1. The number of aromatic nitrogens is 2. The van der Waals surface area contributed by atoms with Gasteiger partial charge in [0.2, 0.25) is 5.95 Å². The number of nitrogens with zero attached hydrogens (tertiary/aromatic N) is 3. The van der Waals surface area contributed by atoms with Crippen molar-refractivity contribution < 1.29 is 14.0 Å². The zero-order valence-corrected chi connectivity index (χ0v) is 22.1. The number of halogens is 2. The Balaban J connectivity index is 1.38. The SMILES string of the molecule is CC(CC1(F)CCN(C(=O)Cl)CC1)c1ccc(N)c(NC(=O)c2cnc(NC3(C)CCNCC3)nc2)c1. The molecule has 0 aliphatic carbocycles. The smallest absolute Gasteiger partial charge is 0.316 e. The molecular formula is C26H35ClFN7O2. The number of piperidine rings is 2. The molecule has 11 heteroatoms. The number of anilines is 3. The van der Waals surface area contributed by atoms with Crippen LogP contribution in [0.2, 0.25) is 0 Å². The maximum atomic E-state index is 15.5. The van der Waals surface area contributed by atoms with E-state index in [0.29, 0.717) is 42.4 Å². The highest BCUT2D eigenvalue weighted by molar-refractivity contribution is 6.62. The molecule has 2 aromatic rings. The van der Waals surface area contributed by atoms with Gasteiger partial charge in [0.1, 0.15) is 5.67 Å². The predicted molar refractivity (Wildman–Crippen MR) is 144 cm³/mol. The quantitative estimate of drug-likeness (QED) is 0.235. The molecule has 2 amide bonds. The second-order valence-electron chi connectivity index (χ2n) is 10.5. The predicted octanol–water partition coefficient (Wildman–Crippen LogP) is 4.52. The van der Waals surface area contributed by atoms with Crippen molar-refractivity contribution in [2.75, 3.05) is 42.5 Å². The third-order valence-corrected chi connectivity index (χ3v) is 7.75. The molecule has 37 heavy (non-hydrogen) atoms. The Bertz CT molecular complexity index is 1120. The molecule has 0 saturated carbocycles. The summed E-state index contributed by atoms with van der Waals surface area (Å²) in [5, 5.41) is 9.01. The van der Waals surface area contributed by atoms with Gasteiger partial charge in [0.25, 0.3) is 5.91 Å². The number of nitrogens with one attached hydrogen (secondary N) is 3. The summed E-state index contributed by atoms with van der Waals surface area (Å²) in [7, 11) is 0. The molecule has 0 radical (unpaired) electrons. The van der Waals surface area contributed by atoms with E-state index in [2.05, 4.69) is 32.8 Å². The van der Waals surface area contributed by atoms with Crippen LogP contribution in [0.1, 0.15) is 67.8 Å². The molecule has 1 unspecified atom stereocenters. The lowest BCUT2D eigenvalue weighted by molar-refractivity contribution is 0.0627. The van der Waals surface area contributed by atoms with E-state index in [1.165, 1.54) is 17.3 Å². The Hall–Kier alpha value is -2.98. The number of hydrogen-bond acceptors (Lipinski definition) is 7. The van der Waals surface area contributed by atoms with E-state index in [1.54, 1.807) is 12.1 Å². The van der Waals surface area contributed by atoms with Crippen molar-refractivity contribution in [1.29, 1.82) is 0 Å². The lowest BCUT2D eigenvalue weighted by Gasteiger charge is -2.37. The van der Waals surface area contributed by atoms with Crippen molar-refractivity contribution >= 4 is 40.2 Å². The van der Waals surface area contributed by atoms with Crippen molar-refractivity contribution in [2.24, 2.45) is 0 Å². The van der Waals surface area contributed by atoms with Gasteiger partial charge in [-0.3, -0.25) is 9.59 Å². The molecule has 2 fully saturated rings. The molecule has 5 N–H and O–H groups in total. The van der Waals surface area contributed by atoms with Crippen LogP contribution < -0.4 is 21.7 Å². The van der Waals surface area contributed by atoms with Gasteiger partial charge in [-0.25, -0.2) is 14.4 Å². The van der Waals surface area contributed by atoms with Crippen LogP contribution in [0.3, 0.4) is 0 Å². The largest absolute Gasteiger partial charge is 0.397 e. The standard InChI is InChI=1S/C26H35ClFN7O2/c1-17(14-26(28)7-11-35(12-8-26)23(27)37)18-3-4-20(29)21(13-18)33-22(36)19-15-31-24(32-16-19)34-25(2)5-9-30-10-6-25/h3-4,13,15-17,30H,5-12,14,29H2,1-2H3,(H,33,36)(H,31,32,34). The number of nitrogens with two attached hydrogens (primary N) is 1. The molecular weight excluding hydrogens is 497 g/mol. The van der Waals surface area contributed by atoms with E-state index >= 15 is 4.39 Å². The van der Waals surface area contributed by atoms with Crippen LogP contribution in [0, 0.1) is 0 Å². The zero-order valence-electron chi connectivity index (χ0n) is 21.3. The lowest BCUT2D eigenvalue weighted by atomic mass is 9.82. The fourth-order valence-electron chi connectivity index (χ4n) is 5.02. The van der Waals surface area contributed by atoms with Gasteiger partial charge in [0.05, 0.1) is 16.9 Å². The maximum Gasteiger partial charge on any atom is 0.316 e. The lowest BCUT2D eigenvalue weighted by Crippen LogP contribution is -2.45. The van der Waals surface area contributed by atoms with Gasteiger partial charge in [-0.05, 0) is 87.3 Å². The summed E-state index contributed by atoms with van der Waals surface area (Å²) >= 11 is 5.53. The number of carbonyl (C=O) groups is 2. The number of alkyl halides is 1. The van der Waals surface area contributed by atoms with E-state index in [0.717, 1.165) is 31.5 Å². The minimum absolute atomic E-state index is 0.0860. The topological polar surface area (TPSA) is 125 Å². The van der Waals surface area contributed by atoms with Gasteiger partial charge in [-0.15, -0.1) is 0 Å². The van der Waals surface area contributed by atoms with Crippen LogP contribution in [0.5, 0.6) is 0 Å². The van der Waals surface area contributed by atoms with Gasteiger partial charge in [-0.2, -0.15) is 0 Å². The van der Waals surface area contributed by atoms with Crippen LogP contribution >= 0.6 is 11.6 Å². The summed E-state index contributed by atoms with van der Waals surface area (Å²) < 4.78 is 15.5. The number of benzene rings is 1. The van der Waals surface area contributed by atoms with Crippen molar-refractivity contribution in [2.45, 2.75) is 63.1 Å². The van der Waals surface area contributed by atoms with Gasteiger partial charge >= 0.3 is 5.37 Å². The maximum absolute atomic E-state index is 15.5. The fourth-order valence-corrected chi connectivity index (χ4v) is 5.19. The molecule has 0 bridgehead atoms. The molecule has 3 heterocycles. The molecule has 9 nitrogen and oxygen atoms in total. The number of hydrogen-bond donors (Lipinski definition) is 4. The van der Waals surface area contributed by atoms with Crippen molar-refractivity contribution in [1.82, 2.24) is 20.2 Å². The normalized spacial score (nSPS) is 19.6. The highest BCUT2D eigenvalue weighted by atomic mass is 35.5. The molecule has 4 rings (SSSR count). The molecule has 200 valence electrons. The Morgan fingerprint density at radius 3 is 2.46 bits per heavy atom. The van der Waals surface area contributed by atoms with Crippen molar-refractivity contribution in [3.63, 3.8) is 0 Å². The van der Waals surface area contributed by atoms with Gasteiger partial charge < -0.3 is 26.6 Å². The van der Waals surface area contributed by atoms with Crippen LogP contribution in [-0.2, 0) is 0 Å². The minimum Gasteiger partial charge on any atom is -0.397 e. The van der Waals surface area contributed by atoms with Crippen LogP contribution in [0.4, 0.5) is 26.5 Å². The van der Waals surface area contributed by atoms with E-state index in [9.17, 15) is 9.59 Å². The summed E-state index contributed by atoms with van der Waals surface area (Å²) in [6.45, 7) is 6.57. The number of amides is 2. The molecule has 2 saturated heterocycles. The Morgan fingerprint density at radius 2 is 1.84 bits per heavy atom. The first kappa shape index (κ1) is 27.1. The van der Waals surface area contributed by atoms with Crippen molar-refractivity contribution in [3.05, 3.63) is 41.7 Å². The summed E-state index contributed by atoms with van der Waals surface area (Å²) in [6, 6.07) is 5.35. The van der Waals surface area contributed by atoms with Crippen LogP contribution in [0.15, 0.2) is 30.6 Å². The molecule has 2 aliphatic rings. The third kappa shape index (κ3) is 6.87. The second-order valence-corrected chi connectivity index (χ2v) is 10.9. The van der Waals surface area contributed by atoms with Crippen molar-refractivity contribution in [3.8, 4) is 0 Å². The number of carbonyl (C=O) groups excluding carboxylic acids is 2. The molecule has 1 aromatic carbocycles. The van der Waals surface area contributed by atoms with E-state index < -0.39 is 11.0 Å². The molecule has 1 aromatic heterocycles. The molecule has 2 aliphatic heterocycles. The summed E-state index contributed by atoms with van der Waals surface area (Å²) in [4.78, 5) is 34.3. The minimum atomic E-state index is -1.38. The van der Waals surface area contributed by atoms with Gasteiger partial charge in [0, 0.05) is 31.0 Å². The van der Waals surface area contributed by atoms with Crippen LogP contribution in [-0.4, -0.2) is 63.5 Å². The molecule has 1 atom stereocenters. The average Bonchev–Trinajstić information content (AvgIpc) is 2.86. The summed E-state index contributed by atoms with van der Waals surface area (Å²) in [6.07, 6.45) is 5.69. The highest BCUT2D eigenvalue weighted by Gasteiger charge is 2.37. The van der Waals surface area contributed by atoms with E-state index in [-0.39, 0.29) is 30.2 Å². The van der Waals surface area contributed by atoms with Crippen LogP contribution in [0.25, 0.3) is 0 Å². The Kier molecular flexibility index (Phi) is 8.18. The third-order valence-electron chi connectivity index (χ3n) is 7.51. The Morgan fingerprint density at radius 1 is 1.19 bits per heavy atom. The average molecular weight is 532 g/mol. The van der Waals surface area contributed by atoms with E-state index in [1.807, 2.05) is 13.0 Å². The Labute approximate surface area is 221 Å². The molecule has 0 spiro atoms. The summed E-state index contributed by atoms with van der Waals surface area (Å²) in [5.41, 5.74) is 6.69. The first-order chi connectivity index (χ1) is 17.6. The van der Waals surface area contributed by atoms with Gasteiger partial charge in [-0.1, -0.05) is 13.0 Å². The second kappa shape index (κ2) is 11.2. The monoisotopic (exact) mass is 531 g/mol. The number of nitrogen functional groups attached to an aromatic ring is 1. The zero-order chi connectivity index (χ0) is 26.6. The number of rotatable bonds is 7.